The molecule has 0 saturated carbocycles. The molecule has 0 aliphatic carbocycles. The molecule has 0 aromatic heterocycles. The fraction of sp³-hybridized carbons (Fsp3) is 0.404. The Labute approximate surface area is 372 Å². The maximum absolute atomic E-state index is 12.2. The molecular formula is C52H62N2O9. The van der Waals surface area contributed by atoms with Gasteiger partial charge in [-0.2, -0.15) is 0 Å². The number of carbonyl (C=O) groups is 3. The number of carbonyl (C=O) groups excluding carboxylic acids is 3. The number of benzene rings is 5. The molecule has 2 unspecified atom stereocenters. The van der Waals surface area contributed by atoms with Crippen molar-refractivity contribution < 1.29 is 42.8 Å². The Balaban J connectivity index is 0.000000210. The highest BCUT2D eigenvalue weighted by Gasteiger charge is 2.29. The maximum Gasteiger partial charge on any atom is 0.308 e. The van der Waals surface area contributed by atoms with Crippen LogP contribution in [0.2, 0.25) is 0 Å². The van der Waals surface area contributed by atoms with Crippen LogP contribution < -0.4 is 9.47 Å². The second kappa shape index (κ2) is 21.1. The number of aryl methyl sites for hydroxylation is 2. The van der Waals surface area contributed by atoms with E-state index in [-0.39, 0.29) is 43.1 Å². The van der Waals surface area contributed by atoms with E-state index in [1.807, 2.05) is 128 Å². The second-order valence-electron chi connectivity index (χ2n) is 18.0. The van der Waals surface area contributed by atoms with E-state index < -0.39 is 11.2 Å². The molecule has 63 heavy (non-hydrogen) atoms. The first-order valence-electron chi connectivity index (χ1n) is 21.8. The van der Waals surface area contributed by atoms with E-state index in [0.717, 1.165) is 63.7 Å². The highest BCUT2D eigenvalue weighted by atomic mass is 16.6. The van der Waals surface area contributed by atoms with Gasteiger partial charge in [0.15, 0.2) is 0 Å². The number of esters is 2. The van der Waals surface area contributed by atoms with Gasteiger partial charge in [0.05, 0.1) is 32.1 Å². The lowest BCUT2D eigenvalue weighted by Crippen LogP contribution is -2.44. The van der Waals surface area contributed by atoms with Gasteiger partial charge in [0.2, 0.25) is 5.91 Å². The molecule has 0 bridgehead atoms. The predicted octanol–water partition coefficient (Wildman–Crippen LogP) is 10.5. The molecule has 5 aromatic rings. The number of nitrogens with zero attached hydrogens (tertiary/aromatic N) is 2. The average Bonchev–Trinajstić information content (AvgIpc) is 3.24. The SMILES string of the molecule is CC(C)(C)OC(=O)CCN1CCOC(c2ccc(Oc3ccc4ccccc4c3)cc2)C1.Cc1cccc(C)c1Oc1ccc(C2CN(CCC(=O)OC(C)(C)C)C(=O)CO2)cc1. The first-order chi connectivity index (χ1) is 30.0. The number of para-hydroxylation sites is 1. The Kier molecular flexibility index (Phi) is 15.6. The zero-order chi connectivity index (χ0) is 45.1. The number of amides is 1. The van der Waals surface area contributed by atoms with Gasteiger partial charge in [0, 0.05) is 26.2 Å². The lowest BCUT2D eigenvalue weighted by atomic mass is 10.1. The topological polar surface area (TPSA) is 113 Å². The van der Waals surface area contributed by atoms with E-state index in [4.69, 9.17) is 28.4 Å². The Morgan fingerprint density at radius 3 is 1.76 bits per heavy atom. The summed E-state index contributed by atoms with van der Waals surface area (Å²) in [7, 11) is 0. The molecule has 2 fully saturated rings. The van der Waals surface area contributed by atoms with E-state index >= 15 is 0 Å². The van der Waals surface area contributed by atoms with E-state index in [2.05, 4.69) is 41.3 Å². The van der Waals surface area contributed by atoms with Gasteiger partial charge in [-0.15, -0.1) is 0 Å². The van der Waals surface area contributed by atoms with Crippen molar-refractivity contribution in [1.82, 2.24) is 9.80 Å². The van der Waals surface area contributed by atoms with Crippen LogP contribution >= 0.6 is 0 Å². The number of hydrogen-bond acceptors (Lipinski definition) is 10. The summed E-state index contributed by atoms with van der Waals surface area (Å²) in [6.45, 7) is 18.8. The van der Waals surface area contributed by atoms with E-state index in [1.165, 1.54) is 5.39 Å². The fourth-order valence-electron chi connectivity index (χ4n) is 7.35. The maximum atomic E-state index is 12.2. The molecule has 2 atom stereocenters. The molecule has 11 nitrogen and oxygen atoms in total. The lowest BCUT2D eigenvalue weighted by Gasteiger charge is -2.33. The van der Waals surface area contributed by atoms with Gasteiger partial charge in [-0.3, -0.25) is 19.3 Å². The van der Waals surface area contributed by atoms with Gasteiger partial charge in [0.25, 0.3) is 0 Å². The van der Waals surface area contributed by atoms with Crippen LogP contribution in [0.5, 0.6) is 23.0 Å². The number of hydrogen-bond donors (Lipinski definition) is 0. The average molecular weight is 859 g/mol. The number of ether oxygens (including phenoxy) is 6. The predicted molar refractivity (Wildman–Crippen MR) is 244 cm³/mol. The Bertz CT molecular complexity index is 2290. The number of fused-ring (bicyclic) bond motifs is 1. The van der Waals surface area contributed by atoms with Crippen molar-refractivity contribution in [3.05, 3.63) is 131 Å². The molecule has 2 aliphatic rings. The minimum atomic E-state index is -0.532. The summed E-state index contributed by atoms with van der Waals surface area (Å²) in [6.07, 6.45) is 0.295. The zero-order valence-corrected chi connectivity index (χ0v) is 38.0. The van der Waals surface area contributed by atoms with Crippen LogP contribution in [0.4, 0.5) is 0 Å². The summed E-state index contributed by atoms with van der Waals surface area (Å²) in [5.41, 5.74) is 3.26. The van der Waals surface area contributed by atoms with Crippen LogP contribution in [-0.2, 0) is 33.3 Å². The Hall–Kier alpha value is -5.75. The fourth-order valence-corrected chi connectivity index (χ4v) is 7.35. The minimum Gasteiger partial charge on any atom is -0.460 e. The first-order valence-corrected chi connectivity index (χ1v) is 21.8. The van der Waals surface area contributed by atoms with Crippen LogP contribution in [-0.4, -0.2) is 84.8 Å². The molecule has 7 rings (SSSR count). The third kappa shape index (κ3) is 14.4. The molecule has 2 saturated heterocycles. The molecule has 1 amide bonds. The molecule has 334 valence electrons. The van der Waals surface area contributed by atoms with Crippen LogP contribution in [0.15, 0.2) is 109 Å². The second-order valence-corrected chi connectivity index (χ2v) is 18.0. The van der Waals surface area contributed by atoms with Gasteiger partial charge >= 0.3 is 11.9 Å². The molecule has 11 heteroatoms. The van der Waals surface area contributed by atoms with Gasteiger partial charge in [0.1, 0.15) is 46.9 Å². The Morgan fingerprint density at radius 2 is 1.16 bits per heavy atom. The van der Waals surface area contributed by atoms with Crippen molar-refractivity contribution >= 4 is 28.6 Å². The number of morpholine rings is 2. The van der Waals surface area contributed by atoms with E-state index in [9.17, 15) is 14.4 Å². The van der Waals surface area contributed by atoms with Gasteiger partial charge in [-0.25, -0.2) is 0 Å². The highest BCUT2D eigenvalue weighted by Crippen LogP contribution is 2.32. The highest BCUT2D eigenvalue weighted by molar-refractivity contribution is 5.84. The monoisotopic (exact) mass is 858 g/mol. The summed E-state index contributed by atoms with van der Waals surface area (Å²) in [4.78, 5) is 40.2. The van der Waals surface area contributed by atoms with Crippen molar-refractivity contribution in [3.63, 3.8) is 0 Å². The third-order valence-electron chi connectivity index (χ3n) is 10.4. The summed E-state index contributed by atoms with van der Waals surface area (Å²) >= 11 is 0. The molecule has 2 heterocycles. The smallest absolute Gasteiger partial charge is 0.308 e. The molecule has 5 aromatic carbocycles. The number of rotatable bonds is 12. The zero-order valence-electron chi connectivity index (χ0n) is 38.0. The summed E-state index contributed by atoms with van der Waals surface area (Å²) < 4.78 is 34.6. The molecule has 0 spiro atoms. The summed E-state index contributed by atoms with van der Waals surface area (Å²) in [6, 6.07) is 36.2. The van der Waals surface area contributed by atoms with E-state index in [0.29, 0.717) is 32.7 Å². The third-order valence-corrected chi connectivity index (χ3v) is 10.4. The Morgan fingerprint density at radius 1 is 0.619 bits per heavy atom. The van der Waals surface area contributed by atoms with Crippen LogP contribution in [0, 0.1) is 13.8 Å². The molecule has 0 N–H and O–H groups in total. The van der Waals surface area contributed by atoms with Crippen molar-refractivity contribution in [3.8, 4) is 23.0 Å². The van der Waals surface area contributed by atoms with Gasteiger partial charge < -0.3 is 33.3 Å². The van der Waals surface area contributed by atoms with Gasteiger partial charge in [-0.05, 0) is 125 Å². The van der Waals surface area contributed by atoms with E-state index in [1.54, 1.807) is 4.90 Å². The first kappa shape index (κ1) is 46.7. The van der Waals surface area contributed by atoms with Crippen LogP contribution in [0.3, 0.4) is 0 Å². The standard InChI is InChI=1S/C27H31NO4.C25H31NO5/c1-27(2,3)32-26(29)14-15-28-16-17-30-25(19-28)21-9-11-23(12-10-21)31-24-13-8-20-6-4-5-7-22(20)18-24;1-17-7-6-8-18(2)24(17)30-20-11-9-19(10-12-20)21-15-26(22(27)16-29-21)14-13-23(28)31-25(3,4)5/h4-13,18,25H,14-17,19H2,1-3H3;6-12,21H,13-16H2,1-5H3. The largest absolute Gasteiger partial charge is 0.460 e. The molecular weight excluding hydrogens is 797 g/mol. The van der Waals surface area contributed by atoms with Crippen molar-refractivity contribution in [1.29, 1.82) is 0 Å². The molecule has 2 aliphatic heterocycles. The van der Waals surface area contributed by atoms with Crippen molar-refractivity contribution in [2.24, 2.45) is 0 Å². The summed E-state index contributed by atoms with van der Waals surface area (Å²) in [5.74, 6) is 2.64. The normalized spacial score (nSPS) is 17.1. The van der Waals surface area contributed by atoms with Crippen LogP contribution in [0.25, 0.3) is 10.8 Å². The summed E-state index contributed by atoms with van der Waals surface area (Å²) in [5, 5.41) is 2.35. The minimum absolute atomic E-state index is 0.000356. The van der Waals surface area contributed by atoms with Crippen molar-refractivity contribution in [2.45, 2.75) is 91.6 Å². The quantitative estimate of drug-likeness (QED) is 0.112. The van der Waals surface area contributed by atoms with Crippen molar-refractivity contribution in [2.75, 3.05) is 45.9 Å². The van der Waals surface area contributed by atoms with Crippen LogP contribution in [0.1, 0.15) is 88.8 Å². The molecule has 0 radical (unpaired) electrons. The lowest BCUT2D eigenvalue weighted by molar-refractivity contribution is -0.158. The van der Waals surface area contributed by atoms with Gasteiger partial charge in [-0.1, -0.05) is 72.8 Å².